The molecule has 3 rings (SSSR count). The molecule has 3 atom stereocenters. The van der Waals surface area contributed by atoms with Crippen molar-refractivity contribution in [3.8, 4) is 0 Å². The number of carbonyl (C=O) groups is 1. The molecule has 1 amide bonds. The minimum absolute atomic E-state index is 0.155. The molecule has 0 spiro atoms. The van der Waals surface area contributed by atoms with E-state index < -0.39 is 0 Å². The van der Waals surface area contributed by atoms with E-state index in [0.717, 1.165) is 32.2 Å². The Morgan fingerprint density at radius 3 is 2.84 bits per heavy atom. The molecule has 0 radical (unpaired) electrons. The van der Waals surface area contributed by atoms with E-state index in [2.05, 4.69) is 36.1 Å². The second-order valence-electron chi connectivity index (χ2n) is 5.93. The first-order valence-electron chi connectivity index (χ1n) is 7.30. The largest absolute Gasteiger partial charge is 0.335 e. The van der Waals surface area contributed by atoms with Gasteiger partial charge in [-0.05, 0) is 43.7 Å². The maximum absolute atomic E-state index is 12.6. The Morgan fingerprint density at radius 2 is 2.11 bits per heavy atom. The van der Waals surface area contributed by atoms with Gasteiger partial charge in [0.15, 0.2) is 0 Å². The molecule has 1 heterocycles. The lowest BCUT2D eigenvalue weighted by Crippen LogP contribution is -2.41. The van der Waals surface area contributed by atoms with Crippen LogP contribution in [0.25, 0.3) is 0 Å². The van der Waals surface area contributed by atoms with Crippen LogP contribution in [0.4, 0.5) is 0 Å². The number of hydrogen-bond donors (Lipinski definition) is 1. The second-order valence-corrected chi connectivity index (χ2v) is 5.93. The van der Waals surface area contributed by atoms with E-state index in [9.17, 15) is 4.79 Å². The van der Waals surface area contributed by atoms with E-state index in [4.69, 9.17) is 5.73 Å². The van der Waals surface area contributed by atoms with Crippen LogP contribution in [0.3, 0.4) is 0 Å². The molecule has 1 aromatic rings. The zero-order valence-electron chi connectivity index (χ0n) is 11.5. The molecule has 3 heteroatoms. The lowest BCUT2D eigenvalue weighted by Gasteiger charge is -2.36. The predicted molar refractivity (Wildman–Crippen MR) is 75.6 cm³/mol. The first kappa shape index (κ1) is 12.7. The summed E-state index contributed by atoms with van der Waals surface area (Å²) in [6.45, 7) is 2.99. The third-order valence-electron chi connectivity index (χ3n) is 4.70. The van der Waals surface area contributed by atoms with Crippen molar-refractivity contribution in [3.63, 3.8) is 0 Å². The van der Waals surface area contributed by atoms with Gasteiger partial charge in [-0.1, -0.05) is 24.3 Å². The third-order valence-corrected chi connectivity index (χ3v) is 4.70. The normalized spacial score (nSPS) is 30.2. The highest BCUT2D eigenvalue weighted by molar-refractivity contribution is 5.80. The Kier molecular flexibility index (Phi) is 3.31. The van der Waals surface area contributed by atoms with Gasteiger partial charge >= 0.3 is 0 Å². The topological polar surface area (TPSA) is 46.3 Å². The van der Waals surface area contributed by atoms with Crippen LogP contribution >= 0.6 is 0 Å². The molecule has 102 valence electrons. The van der Waals surface area contributed by atoms with Crippen LogP contribution in [-0.4, -0.2) is 23.4 Å². The first-order valence-corrected chi connectivity index (χ1v) is 7.30. The van der Waals surface area contributed by atoms with E-state index in [-0.39, 0.29) is 18.0 Å². The van der Waals surface area contributed by atoms with Gasteiger partial charge in [-0.2, -0.15) is 0 Å². The summed E-state index contributed by atoms with van der Waals surface area (Å²) in [5, 5.41) is 0. The molecule has 2 aliphatic rings. The highest BCUT2D eigenvalue weighted by Crippen LogP contribution is 2.33. The fourth-order valence-corrected chi connectivity index (χ4v) is 3.55. The van der Waals surface area contributed by atoms with E-state index in [1.165, 1.54) is 11.1 Å². The fraction of sp³-hybridized carbons (Fsp3) is 0.562. The van der Waals surface area contributed by atoms with E-state index in [0.29, 0.717) is 5.91 Å². The van der Waals surface area contributed by atoms with Crippen molar-refractivity contribution in [3.05, 3.63) is 35.4 Å². The highest BCUT2D eigenvalue weighted by atomic mass is 16.2. The smallest absolute Gasteiger partial charge is 0.226 e. The zero-order chi connectivity index (χ0) is 13.4. The number of nitrogens with two attached hydrogens (primary N) is 1. The van der Waals surface area contributed by atoms with Crippen LogP contribution in [-0.2, 0) is 11.2 Å². The summed E-state index contributed by atoms with van der Waals surface area (Å²) in [7, 11) is 0. The molecular formula is C16H22N2O. The van der Waals surface area contributed by atoms with Crippen LogP contribution in [0.5, 0.6) is 0 Å². The number of carbonyl (C=O) groups excluding carboxylic acids is 1. The molecule has 3 nitrogen and oxygen atoms in total. The van der Waals surface area contributed by atoms with Crippen molar-refractivity contribution >= 4 is 5.91 Å². The molecule has 1 fully saturated rings. The molecule has 0 unspecified atom stereocenters. The maximum Gasteiger partial charge on any atom is 0.226 e. The predicted octanol–water partition coefficient (Wildman–Crippen LogP) is 2.26. The summed E-state index contributed by atoms with van der Waals surface area (Å²) in [4.78, 5) is 14.7. The van der Waals surface area contributed by atoms with E-state index >= 15 is 0 Å². The average Bonchev–Trinajstić information content (AvgIpc) is 2.85. The zero-order valence-corrected chi connectivity index (χ0v) is 11.5. The van der Waals surface area contributed by atoms with Gasteiger partial charge in [0.25, 0.3) is 0 Å². The molecule has 0 saturated heterocycles. The van der Waals surface area contributed by atoms with Gasteiger partial charge in [0, 0.05) is 18.5 Å². The van der Waals surface area contributed by atoms with Gasteiger partial charge in [0.05, 0.1) is 6.04 Å². The Labute approximate surface area is 114 Å². The summed E-state index contributed by atoms with van der Waals surface area (Å²) < 4.78 is 0. The van der Waals surface area contributed by atoms with Crippen molar-refractivity contribution in [1.29, 1.82) is 0 Å². The van der Waals surface area contributed by atoms with E-state index in [1.807, 2.05) is 0 Å². The Hall–Kier alpha value is -1.35. The minimum Gasteiger partial charge on any atom is -0.335 e. The van der Waals surface area contributed by atoms with Crippen molar-refractivity contribution in [2.45, 2.75) is 44.7 Å². The summed E-state index contributed by atoms with van der Waals surface area (Å²) in [6.07, 6.45) is 3.80. The third kappa shape index (κ3) is 2.27. The van der Waals surface area contributed by atoms with Crippen LogP contribution < -0.4 is 5.73 Å². The molecule has 1 saturated carbocycles. The van der Waals surface area contributed by atoms with Gasteiger partial charge in [0.1, 0.15) is 0 Å². The molecule has 1 aromatic carbocycles. The van der Waals surface area contributed by atoms with Gasteiger partial charge in [-0.15, -0.1) is 0 Å². The molecule has 1 aliphatic carbocycles. The standard InChI is InChI=1S/C16H22N2O/c1-11-15-5-3-2-4-12(15)8-9-18(11)16(19)13-6-7-14(17)10-13/h2-5,11,13-14H,6-10,17H2,1H3/t11-,13+,14-/m1/s1. The van der Waals surface area contributed by atoms with Crippen molar-refractivity contribution in [2.24, 2.45) is 11.7 Å². The first-order chi connectivity index (χ1) is 9.16. The van der Waals surface area contributed by atoms with Gasteiger partial charge in [0.2, 0.25) is 5.91 Å². The highest BCUT2D eigenvalue weighted by Gasteiger charge is 2.35. The summed E-state index contributed by atoms with van der Waals surface area (Å²) in [5.41, 5.74) is 8.63. The monoisotopic (exact) mass is 258 g/mol. The summed E-state index contributed by atoms with van der Waals surface area (Å²) >= 11 is 0. The van der Waals surface area contributed by atoms with Crippen molar-refractivity contribution in [2.75, 3.05) is 6.54 Å². The Morgan fingerprint density at radius 1 is 1.32 bits per heavy atom. The summed E-state index contributed by atoms with van der Waals surface area (Å²) in [5.74, 6) is 0.470. The van der Waals surface area contributed by atoms with Crippen molar-refractivity contribution < 1.29 is 4.79 Å². The van der Waals surface area contributed by atoms with Crippen LogP contribution in [0.2, 0.25) is 0 Å². The minimum atomic E-state index is 0.155. The van der Waals surface area contributed by atoms with Gasteiger partial charge in [-0.25, -0.2) is 0 Å². The Bertz CT molecular complexity index is 485. The Balaban J connectivity index is 1.78. The second kappa shape index (κ2) is 4.97. The molecule has 0 aromatic heterocycles. The lowest BCUT2D eigenvalue weighted by molar-refractivity contribution is -0.138. The number of amides is 1. The fourth-order valence-electron chi connectivity index (χ4n) is 3.55. The maximum atomic E-state index is 12.6. The molecular weight excluding hydrogens is 236 g/mol. The molecule has 0 bridgehead atoms. The van der Waals surface area contributed by atoms with Crippen LogP contribution in [0.1, 0.15) is 43.4 Å². The number of nitrogens with zero attached hydrogens (tertiary/aromatic N) is 1. The van der Waals surface area contributed by atoms with E-state index in [1.54, 1.807) is 0 Å². The summed E-state index contributed by atoms with van der Waals surface area (Å²) in [6, 6.07) is 8.91. The lowest BCUT2D eigenvalue weighted by atomic mass is 9.92. The quantitative estimate of drug-likeness (QED) is 0.840. The number of fused-ring (bicyclic) bond motifs is 1. The molecule has 2 N–H and O–H groups in total. The number of rotatable bonds is 1. The van der Waals surface area contributed by atoms with Crippen molar-refractivity contribution in [1.82, 2.24) is 4.90 Å². The number of benzene rings is 1. The average molecular weight is 258 g/mol. The molecule has 1 aliphatic heterocycles. The van der Waals surface area contributed by atoms with Gasteiger partial charge in [-0.3, -0.25) is 4.79 Å². The number of hydrogen-bond acceptors (Lipinski definition) is 2. The van der Waals surface area contributed by atoms with Crippen LogP contribution in [0.15, 0.2) is 24.3 Å². The molecule has 19 heavy (non-hydrogen) atoms. The SMILES string of the molecule is C[C@@H]1c2ccccc2CCN1C(=O)[C@H]1CC[C@@H](N)C1. The van der Waals surface area contributed by atoms with Gasteiger partial charge < -0.3 is 10.6 Å². The van der Waals surface area contributed by atoms with Crippen LogP contribution in [0, 0.1) is 5.92 Å².